The average Bonchev–Trinajstić information content (AvgIpc) is 3.13. The van der Waals surface area contributed by atoms with Crippen LogP contribution in [0.4, 0.5) is 17.1 Å². The lowest BCUT2D eigenvalue weighted by molar-refractivity contribution is -0.122. The maximum absolute atomic E-state index is 13.0. The van der Waals surface area contributed by atoms with Crippen molar-refractivity contribution in [3.8, 4) is 0 Å². The van der Waals surface area contributed by atoms with Crippen molar-refractivity contribution in [1.29, 1.82) is 0 Å². The van der Waals surface area contributed by atoms with E-state index < -0.39 is 5.91 Å². The molecule has 3 aromatic carbocycles. The quantitative estimate of drug-likeness (QED) is 0.396. The molecule has 0 saturated carbocycles. The van der Waals surface area contributed by atoms with Crippen LogP contribution in [0.2, 0.25) is 0 Å². The molecule has 1 fully saturated rings. The van der Waals surface area contributed by atoms with Crippen LogP contribution in [0.15, 0.2) is 90.5 Å². The maximum atomic E-state index is 13.0. The van der Waals surface area contributed by atoms with E-state index in [1.54, 1.807) is 72.8 Å². The Kier molecular flexibility index (Phi) is 6.21. The molecule has 4 amide bonds. The van der Waals surface area contributed by atoms with Gasteiger partial charge in [-0.1, -0.05) is 42.0 Å². The highest BCUT2D eigenvalue weighted by atomic mass is 16.2. The molecule has 2 aliphatic rings. The second-order valence-corrected chi connectivity index (χ2v) is 9.12. The maximum Gasteiger partial charge on any atom is 0.255 e. The normalized spacial score (nSPS) is 18.9. The number of imide groups is 1. The number of nitrogens with zero attached hydrogens (tertiary/aromatic N) is 1. The van der Waals surface area contributed by atoms with Crippen LogP contribution in [0.25, 0.3) is 0 Å². The van der Waals surface area contributed by atoms with Gasteiger partial charge in [-0.15, -0.1) is 0 Å². The summed E-state index contributed by atoms with van der Waals surface area (Å²) >= 11 is 0. The molecule has 180 valence electrons. The van der Waals surface area contributed by atoms with Crippen LogP contribution in [0.3, 0.4) is 0 Å². The number of carbonyl (C=O) groups is 4. The first-order valence-corrected chi connectivity index (χ1v) is 11.8. The number of nitrogens with one attached hydrogen (secondary N) is 2. The van der Waals surface area contributed by atoms with E-state index in [-0.39, 0.29) is 29.6 Å². The summed E-state index contributed by atoms with van der Waals surface area (Å²) in [5.41, 5.74) is 3.40. The SMILES string of the molecule is CC1=CC[C@@H]2C(=O)N(c3cccc(C(=O)Nc4cccc(NC(=O)c5ccccc5)c4)c3)C(=O)[C@@H]2C1. The van der Waals surface area contributed by atoms with E-state index >= 15 is 0 Å². The smallest absolute Gasteiger partial charge is 0.255 e. The van der Waals surface area contributed by atoms with Gasteiger partial charge in [0.2, 0.25) is 11.8 Å². The fourth-order valence-corrected chi connectivity index (χ4v) is 4.75. The third-order valence-electron chi connectivity index (χ3n) is 6.60. The second kappa shape index (κ2) is 9.62. The van der Waals surface area contributed by atoms with Gasteiger partial charge in [0.1, 0.15) is 0 Å². The van der Waals surface area contributed by atoms with Crippen LogP contribution in [-0.4, -0.2) is 23.6 Å². The number of allylic oxidation sites excluding steroid dienone is 2. The molecule has 5 rings (SSSR count). The number of benzene rings is 3. The molecule has 0 radical (unpaired) electrons. The predicted molar refractivity (Wildman–Crippen MR) is 138 cm³/mol. The van der Waals surface area contributed by atoms with Crippen molar-refractivity contribution in [2.24, 2.45) is 11.8 Å². The lowest BCUT2D eigenvalue weighted by Gasteiger charge is -2.18. The summed E-state index contributed by atoms with van der Waals surface area (Å²) in [5, 5.41) is 5.64. The largest absolute Gasteiger partial charge is 0.322 e. The van der Waals surface area contributed by atoms with Gasteiger partial charge in [0, 0.05) is 22.5 Å². The van der Waals surface area contributed by atoms with Gasteiger partial charge in [0.25, 0.3) is 11.8 Å². The van der Waals surface area contributed by atoms with Gasteiger partial charge in [-0.25, -0.2) is 0 Å². The Morgan fingerprint density at radius 3 is 2.08 bits per heavy atom. The molecule has 7 nitrogen and oxygen atoms in total. The van der Waals surface area contributed by atoms with Crippen molar-refractivity contribution in [3.63, 3.8) is 0 Å². The Labute approximate surface area is 208 Å². The van der Waals surface area contributed by atoms with E-state index in [9.17, 15) is 19.2 Å². The average molecular weight is 480 g/mol. The number of anilines is 3. The molecule has 1 aliphatic carbocycles. The Morgan fingerprint density at radius 2 is 1.36 bits per heavy atom. The number of amides is 4. The van der Waals surface area contributed by atoms with Crippen molar-refractivity contribution < 1.29 is 19.2 Å². The summed E-state index contributed by atoms with van der Waals surface area (Å²) in [5.74, 6) is -1.75. The fourth-order valence-electron chi connectivity index (χ4n) is 4.75. The minimum absolute atomic E-state index is 0.211. The van der Waals surface area contributed by atoms with Gasteiger partial charge < -0.3 is 10.6 Å². The van der Waals surface area contributed by atoms with Crippen molar-refractivity contribution in [2.45, 2.75) is 19.8 Å². The van der Waals surface area contributed by atoms with Crippen LogP contribution in [0.1, 0.15) is 40.5 Å². The monoisotopic (exact) mass is 479 g/mol. The van der Waals surface area contributed by atoms with Gasteiger partial charge in [-0.3, -0.25) is 24.1 Å². The molecule has 2 atom stereocenters. The summed E-state index contributed by atoms with van der Waals surface area (Å²) in [6.07, 6.45) is 3.17. The topological polar surface area (TPSA) is 95.6 Å². The molecule has 0 unspecified atom stereocenters. The van der Waals surface area contributed by atoms with Gasteiger partial charge in [0.15, 0.2) is 0 Å². The molecule has 1 aliphatic heterocycles. The number of fused-ring (bicyclic) bond motifs is 1. The van der Waals surface area contributed by atoms with E-state index in [1.165, 1.54) is 4.90 Å². The van der Waals surface area contributed by atoms with E-state index in [4.69, 9.17) is 0 Å². The highest BCUT2D eigenvalue weighted by Gasteiger charge is 2.48. The first-order valence-electron chi connectivity index (χ1n) is 11.8. The van der Waals surface area contributed by atoms with Crippen LogP contribution in [0, 0.1) is 11.8 Å². The first kappa shape index (κ1) is 23.2. The van der Waals surface area contributed by atoms with Crippen molar-refractivity contribution in [2.75, 3.05) is 15.5 Å². The Balaban J connectivity index is 1.30. The molecule has 7 heteroatoms. The highest BCUT2D eigenvalue weighted by molar-refractivity contribution is 6.22. The summed E-state index contributed by atoms with van der Waals surface area (Å²) in [6.45, 7) is 1.98. The molecule has 36 heavy (non-hydrogen) atoms. The van der Waals surface area contributed by atoms with Crippen LogP contribution >= 0.6 is 0 Å². The minimum Gasteiger partial charge on any atom is -0.322 e. The summed E-state index contributed by atoms with van der Waals surface area (Å²) in [4.78, 5) is 52.7. The Morgan fingerprint density at radius 1 is 0.750 bits per heavy atom. The van der Waals surface area contributed by atoms with Gasteiger partial charge in [-0.2, -0.15) is 0 Å². The van der Waals surface area contributed by atoms with E-state index in [0.29, 0.717) is 41.0 Å². The number of carbonyl (C=O) groups excluding carboxylic acids is 4. The summed E-state index contributed by atoms with van der Waals surface area (Å²) < 4.78 is 0. The summed E-state index contributed by atoms with van der Waals surface area (Å²) in [7, 11) is 0. The van der Waals surface area contributed by atoms with E-state index in [1.807, 2.05) is 19.1 Å². The van der Waals surface area contributed by atoms with Gasteiger partial charge >= 0.3 is 0 Å². The van der Waals surface area contributed by atoms with Crippen LogP contribution in [0.5, 0.6) is 0 Å². The number of hydrogen-bond acceptors (Lipinski definition) is 4. The predicted octanol–water partition coefficient (Wildman–Crippen LogP) is 5.04. The zero-order valence-corrected chi connectivity index (χ0v) is 19.7. The van der Waals surface area contributed by atoms with Crippen LogP contribution in [-0.2, 0) is 9.59 Å². The Bertz CT molecular complexity index is 1400. The third-order valence-corrected chi connectivity index (χ3v) is 6.60. The molecule has 0 aromatic heterocycles. The standard InChI is InChI=1S/C29H25N3O4/c1-18-13-14-24-25(15-18)29(36)32(28(24)35)23-12-5-9-20(16-23)27(34)31-22-11-6-10-21(17-22)30-26(33)19-7-3-2-4-8-19/h2-13,16-17,24-25H,14-15H2,1H3,(H,30,33)(H,31,34)/t24-,25+/m0/s1. The second-order valence-electron chi connectivity index (χ2n) is 9.12. The van der Waals surface area contributed by atoms with Crippen molar-refractivity contribution in [1.82, 2.24) is 0 Å². The molecule has 0 bridgehead atoms. The zero-order chi connectivity index (χ0) is 25.2. The van der Waals surface area contributed by atoms with Gasteiger partial charge in [0.05, 0.1) is 17.5 Å². The molecule has 3 aromatic rings. The lowest BCUT2D eigenvalue weighted by atomic mass is 9.82. The van der Waals surface area contributed by atoms with Gasteiger partial charge in [-0.05, 0) is 68.3 Å². The molecule has 1 heterocycles. The molecule has 1 saturated heterocycles. The van der Waals surface area contributed by atoms with Crippen molar-refractivity contribution in [3.05, 3.63) is 102 Å². The van der Waals surface area contributed by atoms with E-state index in [2.05, 4.69) is 10.6 Å². The fraction of sp³-hybridized carbons (Fsp3) is 0.172. The zero-order valence-electron chi connectivity index (χ0n) is 19.7. The highest BCUT2D eigenvalue weighted by Crippen LogP contribution is 2.39. The van der Waals surface area contributed by atoms with Crippen LogP contribution < -0.4 is 15.5 Å². The van der Waals surface area contributed by atoms with Crippen molar-refractivity contribution >= 4 is 40.7 Å². The molecule has 2 N–H and O–H groups in total. The summed E-state index contributed by atoms with van der Waals surface area (Å²) in [6, 6.07) is 22.2. The third kappa shape index (κ3) is 4.55. The molecular formula is C29H25N3O4. The Hall–Kier alpha value is -4.52. The minimum atomic E-state index is -0.391. The lowest BCUT2D eigenvalue weighted by Crippen LogP contribution is -2.31. The number of rotatable bonds is 5. The van der Waals surface area contributed by atoms with E-state index in [0.717, 1.165) is 5.57 Å². The number of hydrogen-bond donors (Lipinski definition) is 2. The molecular weight excluding hydrogens is 454 g/mol. The molecule has 0 spiro atoms. The first-order chi connectivity index (χ1) is 17.4.